The fourth-order valence-electron chi connectivity index (χ4n) is 2.38. The first-order valence-corrected chi connectivity index (χ1v) is 6.55. The molecule has 0 aliphatic heterocycles. The highest BCUT2D eigenvalue weighted by atomic mass is 16.4. The molecule has 0 saturated heterocycles. The van der Waals surface area contributed by atoms with Crippen molar-refractivity contribution in [2.45, 2.75) is 12.6 Å². The summed E-state index contributed by atoms with van der Waals surface area (Å²) < 4.78 is 5.68. The molecule has 0 amide bonds. The number of hydrogen-bond acceptors (Lipinski definition) is 4. The van der Waals surface area contributed by atoms with Gasteiger partial charge in [0.1, 0.15) is 17.2 Å². The number of furan rings is 1. The van der Waals surface area contributed by atoms with Crippen molar-refractivity contribution in [3.63, 3.8) is 0 Å². The number of likely N-dealkylation sites (N-methyl/N-ethyl adjacent to an activating group) is 1. The number of nitrogens with zero attached hydrogens (tertiary/aromatic N) is 2. The summed E-state index contributed by atoms with van der Waals surface area (Å²) in [6, 6.07) is 8.38. The van der Waals surface area contributed by atoms with Gasteiger partial charge in [-0.15, -0.1) is 0 Å². The van der Waals surface area contributed by atoms with Gasteiger partial charge in [-0.1, -0.05) is 18.2 Å². The van der Waals surface area contributed by atoms with Crippen molar-refractivity contribution in [3.05, 3.63) is 54.3 Å². The van der Waals surface area contributed by atoms with E-state index >= 15 is 0 Å². The first-order valence-electron chi connectivity index (χ1n) is 6.55. The Kier molecular flexibility index (Phi) is 3.45. The second-order valence-electron chi connectivity index (χ2n) is 4.88. The Hall–Kier alpha value is -2.60. The minimum atomic E-state index is -0.955. The first-order chi connectivity index (χ1) is 10.1. The van der Waals surface area contributed by atoms with Gasteiger partial charge in [0.05, 0.1) is 6.54 Å². The highest BCUT2D eigenvalue weighted by molar-refractivity contribution is 5.81. The fraction of sp³-hybridized carbons (Fsp3) is 0.200. The summed E-state index contributed by atoms with van der Waals surface area (Å²) >= 11 is 0. The Balaban J connectivity index is 1.91. The van der Waals surface area contributed by atoms with E-state index in [9.17, 15) is 9.90 Å². The molecular formula is C15H15N3O3. The van der Waals surface area contributed by atoms with E-state index in [2.05, 4.69) is 9.97 Å². The second-order valence-corrected chi connectivity index (χ2v) is 4.88. The number of para-hydroxylation sites is 1. The molecule has 0 saturated carbocycles. The van der Waals surface area contributed by atoms with Crippen LogP contribution in [0.25, 0.3) is 11.0 Å². The molecule has 0 bridgehead atoms. The van der Waals surface area contributed by atoms with Gasteiger partial charge in [-0.3, -0.25) is 9.69 Å². The third-order valence-corrected chi connectivity index (χ3v) is 3.34. The van der Waals surface area contributed by atoms with Crippen LogP contribution in [-0.4, -0.2) is 33.0 Å². The van der Waals surface area contributed by atoms with Crippen LogP contribution >= 0.6 is 0 Å². The smallest absolute Gasteiger partial charge is 0.328 e. The van der Waals surface area contributed by atoms with Crippen LogP contribution in [0.15, 0.2) is 47.1 Å². The van der Waals surface area contributed by atoms with Crippen LogP contribution < -0.4 is 0 Å². The molecule has 108 valence electrons. The number of carbonyl (C=O) groups is 1. The molecule has 0 spiro atoms. The van der Waals surface area contributed by atoms with Crippen molar-refractivity contribution in [1.82, 2.24) is 14.9 Å². The Morgan fingerprint density at radius 2 is 2.29 bits per heavy atom. The van der Waals surface area contributed by atoms with E-state index in [1.54, 1.807) is 30.4 Å². The van der Waals surface area contributed by atoms with Crippen LogP contribution in [0.5, 0.6) is 0 Å². The third-order valence-electron chi connectivity index (χ3n) is 3.34. The van der Waals surface area contributed by atoms with Crippen molar-refractivity contribution >= 4 is 16.9 Å². The van der Waals surface area contributed by atoms with Crippen molar-refractivity contribution in [3.8, 4) is 0 Å². The van der Waals surface area contributed by atoms with E-state index in [0.29, 0.717) is 23.7 Å². The van der Waals surface area contributed by atoms with Gasteiger partial charge in [-0.05, 0) is 19.2 Å². The van der Waals surface area contributed by atoms with Gasteiger partial charge >= 0.3 is 5.97 Å². The molecule has 1 atom stereocenters. The number of imidazole rings is 1. The molecule has 3 aromatic rings. The second kappa shape index (κ2) is 5.41. The summed E-state index contributed by atoms with van der Waals surface area (Å²) in [5.74, 6) is 0.167. The monoisotopic (exact) mass is 285 g/mol. The van der Waals surface area contributed by atoms with Gasteiger partial charge in [0.2, 0.25) is 0 Å². The lowest BCUT2D eigenvalue weighted by atomic mass is 10.1. The van der Waals surface area contributed by atoms with Crippen molar-refractivity contribution < 1.29 is 14.3 Å². The molecular weight excluding hydrogens is 270 g/mol. The number of fused-ring (bicyclic) bond motifs is 1. The van der Waals surface area contributed by atoms with Crippen LogP contribution in [-0.2, 0) is 11.3 Å². The summed E-state index contributed by atoms with van der Waals surface area (Å²) in [7, 11) is 1.73. The number of carboxylic acid groups (broad SMARTS) is 1. The fourth-order valence-corrected chi connectivity index (χ4v) is 2.38. The third kappa shape index (κ3) is 2.66. The van der Waals surface area contributed by atoms with E-state index in [0.717, 1.165) is 5.39 Å². The van der Waals surface area contributed by atoms with Crippen molar-refractivity contribution in [2.24, 2.45) is 0 Å². The van der Waals surface area contributed by atoms with E-state index in [1.807, 2.05) is 24.3 Å². The van der Waals surface area contributed by atoms with Gasteiger partial charge in [0.25, 0.3) is 0 Å². The zero-order chi connectivity index (χ0) is 14.8. The summed E-state index contributed by atoms with van der Waals surface area (Å²) in [6.45, 7) is 0.390. The lowest BCUT2D eigenvalue weighted by Gasteiger charge is -2.21. The van der Waals surface area contributed by atoms with E-state index in [1.165, 1.54) is 0 Å². The Morgan fingerprint density at radius 3 is 2.95 bits per heavy atom. The van der Waals surface area contributed by atoms with Crippen LogP contribution in [0, 0.1) is 0 Å². The number of nitrogens with one attached hydrogen (secondary N) is 1. The summed E-state index contributed by atoms with van der Waals surface area (Å²) in [6.07, 6.45) is 3.35. The molecule has 0 aliphatic carbocycles. The van der Waals surface area contributed by atoms with E-state index < -0.39 is 12.0 Å². The average molecular weight is 285 g/mol. The SMILES string of the molecule is CN(Cc1ncc[nH]1)[C@H](C(=O)O)c1cc2ccccc2o1. The molecule has 0 aliphatic rings. The van der Waals surface area contributed by atoms with E-state index in [-0.39, 0.29) is 0 Å². The van der Waals surface area contributed by atoms with Crippen LogP contribution in [0.4, 0.5) is 0 Å². The molecule has 3 rings (SSSR count). The molecule has 0 radical (unpaired) electrons. The number of aliphatic carboxylic acids is 1. The van der Waals surface area contributed by atoms with Crippen LogP contribution in [0.3, 0.4) is 0 Å². The number of aromatic nitrogens is 2. The molecule has 1 aromatic carbocycles. The minimum absolute atomic E-state index is 0.390. The molecule has 2 N–H and O–H groups in total. The van der Waals surface area contributed by atoms with Gasteiger partial charge in [-0.25, -0.2) is 4.98 Å². The maximum absolute atomic E-state index is 11.6. The number of benzene rings is 1. The predicted octanol–water partition coefficient (Wildman–Crippen LogP) is 2.41. The van der Waals surface area contributed by atoms with E-state index in [4.69, 9.17) is 4.42 Å². The van der Waals surface area contributed by atoms with Gasteiger partial charge in [-0.2, -0.15) is 0 Å². The van der Waals surface area contributed by atoms with Crippen LogP contribution in [0.1, 0.15) is 17.6 Å². The van der Waals surface area contributed by atoms with Gasteiger partial charge in [0, 0.05) is 17.8 Å². The quantitative estimate of drug-likeness (QED) is 0.752. The average Bonchev–Trinajstić information content (AvgIpc) is 3.06. The number of rotatable bonds is 5. The molecule has 0 fully saturated rings. The summed E-state index contributed by atoms with van der Waals surface area (Å²) in [5, 5.41) is 10.4. The number of aromatic amines is 1. The normalized spacial score (nSPS) is 12.9. The first kappa shape index (κ1) is 13.4. The number of hydrogen-bond donors (Lipinski definition) is 2. The maximum Gasteiger partial charge on any atom is 0.328 e. The Labute approximate surface area is 121 Å². The highest BCUT2D eigenvalue weighted by Gasteiger charge is 2.28. The molecule has 2 aromatic heterocycles. The molecule has 6 heteroatoms. The molecule has 6 nitrogen and oxygen atoms in total. The zero-order valence-corrected chi connectivity index (χ0v) is 11.5. The van der Waals surface area contributed by atoms with Crippen LogP contribution in [0.2, 0.25) is 0 Å². The lowest BCUT2D eigenvalue weighted by molar-refractivity contribution is -0.143. The minimum Gasteiger partial charge on any atom is -0.480 e. The Morgan fingerprint density at radius 1 is 1.48 bits per heavy atom. The standard InChI is InChI=1S/C15H15N3O3/c1-18(9-13-16-6-7-17-13)14(15(19)20)12-8-10-4-2-3-5-11(10)21-12/h2-8,14H,9H2,1H3,(H,16,17)(H,19,20)/t14-/m0/s1. The molecule has 2 heterocycles. The summed E-state index contributed by atoms with van der Waals surface area (Å²) in [4.78, 5) is 20.4. The maximum atomic E-state index is 11.6. The number of carboxylic acids is 1. The van der Waals surface area contributed by atoms with Crippen molar-refractivity contribution in [1.29, 1.82) is 0 Å². The van der Waals surface area contributed by atoms with Crippen molar-refractivity contribution in [2.75, 3.05) is 7.05 Å². The largest absolute Gasteiger partial charge is 0.480 e. The van der Waals surface area contributed by atoms with Gasteiger partial charge in [0.15, 0.2) is 6.04 Å². The summed E-state index contributed by atoms with van der Waals surface area (Å²) in [5.41, 5.74) is 0.685. The molecule has 0 unspecified atom stereocenters. The van der Waals surface area contributed by atoms with Gasteiger partial charge < -0.3 is 14.5 Å². The highest BCUT2D eigenvalue weighted by Crippen LogP contribution is 2.27. The predicted molar refractivity (Wildman–Crippen MR) is 76.6 cm³/mol. The number of H-pyrrole nitrogens is 1. The molecule has 21 heavy (non-hydrogen) atoms. The lowest BCUT2D eigenvalue weighted by Crippen LogP contribution is -2.30. The topological polar surface area (TPSA) is 82.4 Å². The zero-order valence-electron chi connectivity index (χ0n) is 11.5. The Bertz CT molecular complexity index is 715.